The average Bonchev–Trinajstić information content (AvgIpc) is 2.72. The molecule has 0 saturated carbocycles. The maximum absolute atomic E-state index is 13.0. The van der Waals surface area contributed by atoms with Crippen LogP contribution in [-0.4, -0.2) is 64.8 Å². The van der Waals surface area contributed by atoms with Crippen molar-refractivity contribution in [3.05, 3.63) is 35.9 Å². The second-order valence-electron chi connectivity index (χ2n) is 9.57. The van der Waals surface area contributed by atoms with E-state index in [2.05, 4.69) is 0 Å². The Kier molecular flexibility index (Phi) is 9.56. The largest absolute Gasteiger partial charge is 0.466 e. The Morgan fingerprint density at radius 1 is 1.09 bits per heavy atom. The lowest BCUT2D eigenvalue weighted by molar-refractivity contribution is -0.145. The molecule has 2 rings (SSSR count). The molecule has 1 aromatic carbocycles. The van der Waals surface area contributed by atoms with E-state index < -0.39 is 17.8 Å². The highest BCUT2D eigenvalue weighted by Gasteiger charge is 2.40. The number of hydrogen-bond donors (Lipinski definition) is 0. The fraction of sp³-hybridized carbons (Fsp3) is 0.640. The van der Waals surface area contributed by atoms with Crippen molar-refractivity contribution in [1.29, 1.82) is 0 Å². The molecule has 0 aromatic heterocycles. The van der Waals surface area contributed by atoms with E-state index in [1.807, 2.05) is 44.2 Å². The molecule has 33 heavy (non-hydrogen) atoms. The highest BCUT2D eigenvalue weighted by molar-refractivity contribution is 5.73. The van der Waals surface area contributed by atoms with Crippen molar-refractivity contribution >= 4 is 18.2 Å². The van der Waals surface area contributed by atoms with Gasteiger partial charge in [-0.05, 0) is 59.9 Å². The molecule has 0 bridgehead atoms. The molecule has 0 aliphatic carbocycles. The molecule has 0 N–H and O–H groups in total. The quantitative estimate of drug-likeness (QED) is 0.429. The minimum atomic E-state index is -0.676. The number of nitrogens with zero attached hydrogens (tertiary/aromatic N) is 2. The Labute approximate surface area is 197 Å². The number of carbonyl (C=O) groups excluding carboxylic acids is 3. The third kappa shape index (κ3) is 8.26. The van der Waals surface area contributed by atoms with Crippen LogP contribution in [-0.2, 0) is 25.6 Å². The van der Waals surface area contributed by atoms with Crippen LogP contribution >= 0.6 is 0 Å². The van der Waals surface area contributed by atoms with Crippen LogP contribution in [0, 0.1) is 0 Å². The van der Waals surface area contributed by atoms with Crippen LogP contribution in [0.5, 0.6) is 0 Å². The number of esters is 1. The third-order valence-corrected chi connectivity index (χ3v) is 5.38. The molecule has 2 atom stereocenters. The van der Waals surface area contributed by atoms with Gasteiger partial charge in [-0.2, -0.15) is 0 Å². The van der Waals surface area contributed by atoms with Crippen LogP contribution in [0.15, 0.2) is 30.3 Å². The first kappa shape index (κ1) is 26.5. The first-order chi connectivity index (χ1) is 15.5. The summed E-state index contributed by atoms with van der Waals surface area (Å²) >= 11 is 0. The zero-order valence-electron chi connectivity index (χ0n) is 20.7. The molecular formula is C25H38N2O6. The van der Waals surface area contributed by atoms with Gasteiger partial charge in [-0.25, -0.2) is 9.59 Å². The van der Waals surface area contributed by atoms with Gasteiger partial charge in [0.25, 0.3) is 0 Å². The molecule has 184 valence electrons. The van der Waals surface area contributed by atoms with Gasteiger partial charge >= 0.3 is 18.2 Å². The van der Waals surface area contributed by atoms with Crippen molar-refractivity contribution in [2.45, 2.75) is 91.1 Å². The van der Waals surface area contributed by atoms with E-state index in [1.165, 1.54) is 0 Å². The summed E-state index contributed by atoms with van der Waals surface area (Å²) in [5.74, 6) is -0.350. The normalized spacial score (nSPS) is 18.6. The van der Waals surface area contributed by atoms with Gasteiger partial charge in [0, 0.05) is 18.6 Å². The minimum Gasteiger partial charge on any atom is -0.466 e. The lowest BCUT2D eigenvalue weighted by Gasteiger charge is -2.44. The predicted molar refractivity (Wildman–Crippen MR) is 125 cm³/mol. The van der Waals surface area contributed by atoms with Gasteiger partial charge in [0.1, 0.15) is 12.2 Å². The summed E-state index contributed by atoms with van der Waals surface area (Å²) in [4.78, 5) is 41.4. The number of carbonyl (C=O) groups is 3. The summed E-state index contributed by atoms with van der Waals surface area (Å²) in [5, 5.41) is 0. The standard InChI is InChI=1S/C25H38N2O6/c1-7-31-22(28)15-20-13-14-21(16-26(20)23(29)33-25(4,5)6)27(18(2)3)24(30)32-17-19-11-9-8-10-12-19/h8-12,18,20-21H,7,13-17H2,1-6H3/t20-,21-/m1/s1. The van der Waals surface area contributed by atoms with E-state index in [0.29, 0.717) is 12.8 Å². The molecule has 0 radical (unpaired) electrons. The monoisotopic (exact) mass is 462 g/mol. The van der Waals surface area contributed by atoms with E-state index in [1.54, 1.807) is 37.5 Å². The fourth-order valence-corrected chi connectivity index (χ4v) is 3.98. The summed E-state index contributed by atoms with van der Waals surface area (Å²) in [6.07, 6.45) is 0.370. The maximum atomic E-state index is 13.0. The van der Waals surface area contributed by atoms with Crippen LogP contribution in [0.3, 0.4) is 0 Å². The second-order valence-corrected chi connectivity index (χ2v) is 9.57. The molecule has 1 saturated heterocycles. The zero-order valence-corrected chi connectivity index (χ0v) is 20.7. The van der Waals surface area contributed by atoms with Crippen LogP contribution < -0.4 is 0 Å². The lowest BCUT2D eigenvalue weighted by Crippen LogP contribution is -2.58. The molecule has 1 aromatic rings. The Hall–Kier alpha value is -2.77. The zero-order chi connectivity index (χ0) is 24.6. The van der Waals surface area contributed by atoms with Crippen molar-refractivity contribution in [1.82, 2.24) is 9.80 Å². The Bertz CT molecular complexity index is 790. The molecule has 8 nitrogen and oxygen atoms in total. The van der Waals surface area contributed by atoms with Gasteiger partial charge < -0.3 is 24.0 Å². The minimum absolute atomic E-state index is 0.0972. The van der Waals surface area contributed by atoms with Crippen LogP contribution in [0.4, 0.5) is 9.59 Å². The van der Waals surface area contributed by atoms with Crippen LogP contribution in [0.1, 0.15) is 66.4 Å². The lowest BCUT2D eigenvalue weighted by atomic mass is 9.94. The molecule has 0 unspecified atom stereocenters. The van der Waals surface area contributed by atoms with Gasteiger partial charge in [-0.1, -0.05) is 30.3 Å². The SMILES string of the molecule is CCOC(=O)C[C@H]1CC[C@@H](N(C(=O)OCc2ccccc2)C(C)C)CN1C(=O)OC(C)(C)C. The number of piperidine rings is 1. The molecule has 2 amide bonds. The van der Waals surface area contributed by atoms with E-state index in [0.717, 1.165) is 5.56 Å². The highest BCUT2D eigenvalue weighted by atomic mass is 16.6. The van der Waals surface area contributed by atoms with Gasteiger partial charge in [-0.3, -0.25) is 4.79 Å². The summed E-state index contributed by atoms with van der Waals surface area (Å²) < 4.78 is 16.3. The van der Waals surface area contributed by atoms with E-state index in [-0.39, 0.29) is 50.3 Å². The Balaban J connectivity index is 2.15. The van der Waals surface area contributed by atoms with Crippen molar-refractivity contribution in [2.75, 3.05) is 13.2 Å². The van der Waals surface area contributed by atoms with Crippen LogP contribution in [0.25, 0.3) is 0 Å². The number of benzene rings is 1. The number of ether oxygens (including phenoxy) is 3. The van der Waals surface area contributed by atoms with Crippen molar-refractivity contribution in [2.24, 2.45) is 0 Å². The van der Waals surface area contributed by atoms with Crippen molar-refractivity contribution in [3.63, 3.8) is 0 Å². The molecule has 8 heteroatoms. The molecule has 1 aliphatic heterocycles. The highest BCUT2D eigenvalue weighted by Crippen LogP contribution is 2.27. The maximum Gasteiger partial charge on any atom is 0.410 e. The summed E-state index contributed by atoms with van der Waals surface area (Å²) in [7, 11) is 0. The van der Waals surface area contributed by atoms with Gasteiger partial charge in [0.15, 0.2) is 0 Å². The molecule has 1 aliphatic rings. The number of amides is 2. The van der Waals surface area contributed by atoms with Crippen molar-refractivity contribution < 1.29 is 28.6 Å². The molecule has 0 spiro atoms. The number of rotatable bonds is 7. The van der Waals surface area contributed by atoms with E-state index in [4.69, 9.17) is 14.2 Å². The second kappa shape index (κ2) is 11.9. The van der Waals surface area contributed by atoms with E-state index in [9.17, 15) is 14.4 Å². The Morgan fingerprint density at radius 2 is 1.76 bits per heavy atom. The Morgan fingerprint density at radius 3 is 2.33 bits per heavy atom. The first-order valence-corrected chi connectivity index (χ1v) is 11.7. The predicted octanol–water partition coefficient (Wildman–Crippen LogP) is 4.75. The summed E-state index contributed by atoms with van der Waals surface area (Å²) in [5.41, 5.74) is 0.230. The van der Waals surface area contributed by atoms with Crippen LogP contribution in [0.2, 0.25) is 0 Å². The molecular weight excluding hydrogens is 424 g/mol. The number of hydrogen-bond acceptors (Lipinski definition) is 6. The topological polar surface area (TPSA) is 85.4 Å². The van der Waals surface area contributed by atoms with Gasteiger partial charge in [0.05, 0.1) is 19.1 Å². The molecule has 1 heterocycles. The third-order valence-electron chi connectivity index (χ3n) is 5.38. The fourth-order valence-electron chi connectivity index (χ4n) is 3.98. The van der Waals surface area contributed by atoms with E-state index >= 15 is 0 Å². The molecule has 1 fully saturated rings. The number of likely N-dealkylation sites (tertiary alicyclic amines) is 1. The average molecular weight is 463 g/mol. The summed E-state index contributed by atoms with van der Waals surface area (Å²) in [6, 6.07) is 8.78. The smallest absolute Gasteiger partial charge is 0.410 e. The van der Waals surface area contributed by atoms with Gasteiger partial charge in [0.2, 0.25) is 0 Å². The first-order valence-electron chi connectivity index (χ1n) is 11.7. The van der Waals surface area contributed by atoms with Crippen molar-refractivity contribution in [3.8, 4) is 0 Å². The van der Waals surface area contributed by atoms with Gasteiger partial charge in [-0.15, -0.1) is 0 Å². The summed E-state index contributed by atoms with van der Waals surface area (Å²) in [6.45, 7) is 11.7.